The Morgan fingerprint density at radius 2 is 2.14 bits per heavy atom. The second kappa shape index (κ2) is 8.74. The van der Waals surface area contributed by atoms with Crippen LogP contribution in [0.25, 0.3) is 0 Å². The van der Waals surface area contributed by atoms with Crippen molar-refractivity contribution in [1.82, 2.24) is 14.9 Å². The minimum absolute atomic E-state index is 0.0830. The molecule has 4 nitrogen and oxygen atoms in total. The fourth-order valence-corrected chi connectivity index (χ4v) is 2.75. The first-order valence-electron chi connectivity index (χ1n) is 6.78. The van der Waals surface area contributed by atoms with Gasteiger partial charge in [-0.05, 0) is 24.1 Å². The molecule has 0 saturated heterocycles. The molecule has 0 spiro atoms. The first kappa shape index (κ1) is 15.9. The van der Waals surface area contributed by atoms with Crippen LogP contribution in [0.3, 0.4) is 0 Å². The van der Waals surface area contributed by atoms with Gasteiger partial charge < -0.3 is 9.88 Å². The van der Waals surface area contributed by atoms with Crippen molar-refractivity contribution in [3.63, 3.8) is 0 Å². The third kappa shape index (κ3) is 6.23. The lowest BCUT2D eigenvalue weighted by Crippen LogP contribution is -2.26. The van der Waals surface area contributed by atoms with Crippen molar-refractivity contribution >= 4 is 29.3 Å². The molecule has 1 amide bonds. The summed E-state index contributed by atoms with van der Waals surface area (Å²) in [6.45, 7) is 1.57. The third-order valence-electron chi connectivity index (χ3n) is 2.89. The van der Waals surface area contributed by atoms with Gasteiger partial charge in [0.25, 0.3) is 0 Å². The molecule has 0 bridgehead atoms. The molecule has 112 valence electrons. The number of rotatable bonds is 8. The van der Waals surface area contributed by atoms with Gasteiger partial charge in [0.05, 0.1) is 12.1 Å². The van der Waals surface area contributed by atoms with Gasteiger partial charge in [-0.15, -0.1) is 11.8 Å². The van der Waals surface area contributed by atoms with Crippen LogP contribution < -0.4 is 5.32 Å². The fourth-order valence-electron chi connectivity index (χ4n) is 1.80. The molecule has 6 heteroatoms. The number of carbonyl (C=O) groups is 1. The van der Waals surface area contributed by atoms with E-state index in [0.717, 1.165) is 23.7 Å². The quantitative estimate of drug-likeness (QED) is 0.760. The second-order valence-corrected chi connectivity index (χ2v) is 6.05. The van der Waals surface area contributed by atoms with Gasteiger partial charge in [0.2, 0.25) is 5.91 Å². The third-order valence-corrected chi connectivity index (χ3v) is 4.15. The first-order valence-corrected chi connectivity index (χ1v) is 8.32. The molecule has 2 aromatic rings. The molecule has 0 saturated carbocycles. The summed E-state index contributed by atoms with van der Waals surface area (Å²) in [4.78, 5) is 15.7. The van der Waals surface area contributed by atoms with Crippen LogP contribution in [0.5, 0.6) is 0 Å². The fraction of sp³-hybridized carbons (Fsp3) is 0.333. The zero-order valence-electron chi connectivity index (χ0n) is 11.7. The number of aromatic nitrogens is 2. The van der Waals surface area contributed by atoms with E-state index in [1.54, 1.807) is 24.3 Å². The van der Waals surface area contributed by atoms with Gasteiger partial charge in [0.15, 0.2) is 0 Å². The predicted octanol–water partition coefficient (Wildman–Crippen LogP) is 2.98. The topological polar surface area (TPSA) is 46.9 Å². The molecule has 1 aromatic heterocycles. The van der Waals surface area contributed by atoms with E-state index in [4.69, 9.17) is 11.6 Å². The molecule has 0 unspecified atom stereocenters. The van der Waals surface area contributed by atoms with Gasteiger partial charge in [-0.3, -0.25) is 4.79 Å². The van der Waals surface area contributed by atoms with Crippen molar-refractivity contribution in [2.45, 2.75) is 18.7 Å². The maximum atomic E-state index is 11.7. The highest BCUT2D eigenvalue weighted by atomic mass is 35.5. The lowest BCUT2D eigenvalue weighted by Gasteiger charge is -2.06. The van der Waals surface area contributed by atoms with Crippen LogP contribution in [0.2, 0.25) is 5.02 Å². The van der Waals surface area contributed by atoms with Crippen molar-refractivity contribution in [2.24, 2.45) is 0 Å². The lowest BCUT2D eigenvalue weighted by atomic mass is 10.2. The molecule has 1 N–H and O–H groups in total. The van der Waals surface area contributed by atoms with Crippen molar-refractivity contribution in [1.29, 1.82) is 0 Å². The number of nitrogens with zero attached hydrogens (tertiary/aromatic N) is 2. The molecule has 0 atom stereocenters. The zero-order chi connectivity index (χ0) is 14.9. The number of thioether (sulfide) groups is 1. The van der Waals surface area contributed by atoms with Crippen LogP contribution in [0.15, 0.2) is 43.0 Å². The number of halogens is 1. The summed E-state index contributed by atoms with van der Waals surface area (Å²) in [5.74, 6) is 1.38. The normalized spacial score (nSPS) is 10.5. The Hall–Kier alpha value is -1.46. The molecule has 0 radical (unpaired) electrons. The summed E-state index contributed by atoms with van der Waals surface area (Å²) < 4.78 is 2.00. The summed E-state index contributed by atoms with van der Waals surface area (Å²) in [6.07, 6.45) is 6.36. The zero-order valence-corrected chi connectivity index (χ0v) is 13.2. The van der Waals surface area contributed by atoms with E-state index in [-0.39, 0.29) is 5.91 Å². The summed E-state index contributed by atoms with van der Waals surface area (Å²) in [6, 6.07) is 7.71. The number of hydrogen-bond donors (Lipinski definition) is 1. The first-order chi connectivity index (χ1) is 10.2. The molecule has 2 rings (SSSR count). The van der Waals surface area contributed by atoms with Crippen molar-refractivity contribution < 1.29 is 4.79 Å². The summed E-state index contributed by atoms with van der Waals surface area (Å²) in [7, 11) is 0. The van der Waals surface area contributed by atoms with Crippen molar-refractivity contribution in [2.75, 3.05) is 12.3 Å². The lowest BCUT2D eigenvalue weighted by molar-refractivity contribution is -0.118. The molecule has 0 aliphatic rings. The Bertz CT molecular complexity index is 543. The minimum atomic E-state index is 0.0830. The maximum Gasteiger partial charge on any atom is 0.230 e. The van der Waals surface area contributed by atoms with E-state index in [1.165, 1.54) is 5.56 Å². The molecule has 0 aliphatic heterocycles. The van der Waals surface area contributed by atoms with Crippen molar-refractivity contribution in [3.8, 4) is 0 Å². The highest BCUT2D eigenvalue weighted by molar-refractivity contribution is 7.99. The average molecular weight is 324 g/mol. The Morgan fingerprint density at radius 3 is 2.86 bits per heavy atom. The monoisotopic (exact) mass is 323 g/mol. The molecule has 0 fully saturated rings. The van der Waals surface area contributed by atoms with Crippen LogP contribution in [0, 0.1) is 0 Å². The number of amides is 1. The van der Waals surface area contributed by atoms with Gasteiger partial charge in [-0.1, -0.05) is 23.7 Å². The van der Waals surface area contributed by atoms with Crippen LogP contribution in [0.4, 0.5) is 0 Å². The van der Waals surface area contributed by atoms with E-state index in [0.29, 0.717) is 12.3 Å². The maximum absolute atomic E-state index is 11.7. The molecule has 1 heterocycles. The number of nitrogens with one attached hydrogen (secondary N) is 1. The smallest absolute Gasteiger partial charge is 0.230 e. The number of hydrogen-bond acceptors (Lipinski definition) is 3. The molecular weight excluding hydrogens is 306 g/mol. The van der Waals surface area contributed by atoms with E-state index >= 15 is 0 Å². The van der Waals surface area contributed by atoms with Gasteiger partial charge in [-0.2, -0.15) is 0 Å². The molecule has 0 aliphatic carbocycles. The number of carbonyl (C=O) groups excluding carboxylic acids is 1. The van der Waals surface area contributed by atoms with Crippen LogP contribution in [-0.4, -0.2) is 27.8 Å². The summed E-state index contributed by atoms with van der Waals surface area (Å²) in [5.41, 5.74) is 1.18. The molecule has 21 heavy (non-hydrogen) atoms. The Labute approximate surface area is 133 Å². The van der Waals surface area contributed by atoms with E-state index < -0.39 is 0 Å². The largest absolute Gasteiger partial charge is 0.355 e. The summed E-state index contributed by atoms with van der Waals surface area (Å²) in [5, 5.41) is 3.66. The highest BCUT2D eigenvalue weighted by Gasteiger charge is 2.01. The van der Waals surface area contributed by atoms with Gasteiger partial charge in [0.1, 0.15) is 0 Å². The van der Waals surface area contributed by atoms with E-state index in [1.807, 2.05) is 35.0 Å². The second-order valence-electron chi connectivity index (χ2n) is 4.62. The molecular formula is C15H18ClN3OS. The molecule has 1 aromatic carbocycles. The number of aryl methyl sites for hydroxylation is 1. The average Bonchev–Trinajstić information content (AvgIpc) is 2.99. The highest BCUT2D eigenvalue weighted by Crippen LogP contribution is 2.15. The van der Waals surface area contributed by atoms with Crippen molar-refractivity contribution in [3.05, 3.63) is 53.6 Å². The van der Waals surface area contributed by atoms with Crippen LogP contribution in [0.1, 0.15) is 12.0 Å². The Kier molecular flexibility index (Phi) is 6.63. The SMILES string of the molecule is O=C(CSCc1ccc(Cl)cc1)NCCCn1ccnc1. The predicted molar refractivity (Wildman–Crippen MR) is 87.5 cm³/mol. The van der Waals surface area contributed by atoms with Gasteiger partial charge in [-0.25, -0.2) is 4.98 Å². The van der Waals surface area contributed by atoms with E-state index in [2.05, 4.69) is 10.3 Å². The van der Waals surface area contributed by atoms with E-state index in [9.17, 15) is 4.79 Å². The Balaban J connectivity index is 1.54. The summed E-state index contributed by atoms with van der Waals surface area (Å²) >= 11 is 7.43. The number of imidazole rings is 1. The number of benzene rings is 1. The van der Waals surface area contributed by atoms with Gasteiger partial charge in [0, 0.05) is 36.3 Å². The van der Waals surface area contributed by atoms with Crippen LogP contribution >= 0.6 is 23.4 Å². The van der Waals surface area contributed by atoms with Gasteiger partial charge >= 0.3 is 0 Å². The van der Waals surface area contributed by atoms with Crippen LogP contribution in [-0.2, 0) is 17.1 Å². The standard InChI is InChI=1S/C15H18ClN3OS/c16-14-4-2-13(3-5-14)10-21-11-15(20)18-6-1-8-19-9-7-17-12-19/h2-5,7,9,12H,1,6,8,10-11H2,(H,18,20). The minimum Gasteiger partial charge on any atom is -0.355 e. The Morgan fingerprint density at radius 1 is 1.33 bits per heavy atom.